The predicted octanol–water partition coefficient (Wildman–Crippen LogP) is 3.45. The summed E-state index contributed by atoms with van der Waals surface area (Å²) in [5, 5.41) is 11.5. The number of tetrazole rings is 1. The van der Waals surface area contributed by atoms with Gasteiger partial charge in [-0.05, 0) is 46.5 Å². The van der Waals surface area contributed by atoms with Gasteiger partial charge in [-0.15, -0.1) is 5.10 Å². The normalized spacial score (nSPS) is 11.6. The van der Waals surface area contributed by atoms with Gasteiger partial charge in [0, 0.05) is 24.6 Å². The van der Waals surface area contributed by atoms with Crippen molar-refractivity contribution in [1.29, 1.82) is 0 Å². The number of aromatic nitrogens is 6. The van der Waals surface area contributed by atoms with Crippen molar-refractivity contribution in [2.24, 2.45) is 0 Å². The van der Waals surface area contributed by atoms with Gasteiger partial charge in [0.25, 0.3) is 0 Å². The molecule has 2 heterocycles. The Labute approximate surface area is 158 Å². The van der Waals surface area contributed by atoms with Crippen LogP contribution in [0.4, 0.5) is 19.0 Å². The van der Waals surface area contributed by atoms with Gasteiger partial charge in [0.1, 0.15) is 5.82 Å². The highest BCUT2D eigenvalue weighted by Gasteiger charge is 2.34. The van der Waals surface area contributed by atoms with Crippen molar-refractivity contribution in [3.8, 4) is 5.69 Å². The Balaban J connectivity index is 1.98. The molecule has 0 fully saturated rings. The van der Waals surface area contributed by atoms with E-state index < -0.39 is 11.9 Å². The summed E-state index contributed by atoms with van der Waals surface area (Å²) >= 11 is 4.18. The van der Waals surface area contributed by atoms with Gasteiger partial charge in [-0.1, -0.05) is 15.9 Å². The van der Waals surface area contributed by atoms with E-state index >= 15 is 0 Å². The summed E-state index contributed by atoms with van der Waals surface area (Å²) in [6.07, 6.45) is -4.58. The van der Waals surface area contributed by atoms with Gasteiger partial charge in [-0.2, -0.15) is 17.9 Å². The summed E-state index contributed by atoms with van der Waals surface area (Å²) in [5.74, 6) is 0.137. The first kappa shape index (κ1) is 18.6. The molecule has 2 aromatic heterocycles. The lowest BCUT2D eigenvalue weighted by atomic mass is 10.3. The Morgan fingerprint density at radius 1 is 1.12 bits per heavy atom. The molecule has 12 heteroatoms. The van der Waals surface area contributed by atoms with E-state index in [1.54, 1.807) is 38.4 Å². The van der Waals surface area contributed by atoms with E-state index in [0.29, 0.717) is 5.69 Å². The maximum absolute atomic E-state index is 13.1. The molecule has 0 amide bonds. The lowest BCUT2D eigenvalue weighted by Crippen LogP contribution is -2.16. The molecular formula is C14H11BrF3N7S. The Morgan fingerprint density at radius 2 is 1.81 bits per heavy atom. The van der Waals surface area contributed by atoms with Crippen LogP contribution in [-0.2, 0) is 6.18 Å². The number of hydrogen-bond donors (Lipinski definition) is 0. The van der Waals surface area contributed by atoms with Gasteiger partial charge in [0.15, 0.2) is 10.9 Å². The van der Waals surface area contributed by atoms with Crippen LogP contribution < -0.4 is 4.90 Å². The lowest BCUT2D eigenvalue weighted by Gasteiger charge is -2.15. The molecule has 3 rings (SSSR count). The highest BCUT2D eigenvalue weighted by Crippen LogP contribution is 2.33. The van der Waals surface area contributed by atoms with Crippen LogP contribution in [0.1, 0.15) is 5.69 Å². The van der Waals surface area contributed by atoms with Crippen molar-refractivity contribution < 1.29 is 13.2 Å². The van der Waals surface area contributed by atoms with Gasteiger partial charge < -0.3 is 4.90 Å². The van der Waals surface area contributed by atoms with E-state index in [0.717, 1.165) is 22.3 Å². The molecule has 0 bridgehead atoms. The van der Waals surface area contributed by atoms with Gasteiger partial charge in [0.2, 0.25) is 5.16 Å². The van der Waals surface area contributed by atoms with Gasteiger partial charge in [-0.25, -0.2) is 9.97 Å². The molecule has 0 aliphatic rings. The van der Waals surface area contributed by atoms with Crippen molar-refractivity contribution >= 4 is 33.5 Å². The minimum absolute atomic E-state index is 0.100. The molecule has 0 aliphatic carbocycles. The second-order valence-corrected chi connectivity index (χ2v) is 7.09. The van der Waals surface area contributed by atoms with E-state index in [-0.39, 0.29) is 16.1 Å². The predicted molar refractivity (Wildman–Crippen MR) is 92.3 cm³/mol. The number of rotatable bonds is 4. The third kappa shape index (κ3) is 4.12. The molecule has 0 radical (unpaired) electrons. The van der Waals surface area contributed by atoms with Crippen molar-refractivity contribution in [2.45, 2.75) is 16.5 Å². The van der Waals surface area contributed by atoms with Gasteiger partial charge >= 0.3 is 6.18 Å². The molecule has 0 spiro atoms. The van der Waals surface area contributed by atoms with Crippen LogP contribution in [0.25, 0.3) is 5.69 Å². The zero-order valence-corrected chi connectivity index (χ0v) is 15.8. The highest BCUT2D eigenvalue weighted by molar-refractivity contribution is 9.10. The zero-order chi connectivity index (χ0) is 18.9. The third-order valence-electron chi connectivity index (χ3n) is 3.14. The molecule has 7 nitrogen and oxygen atoms in total. The number of anilines is 1. The van der Waals surface area contributed by atoms with Crippen LogP contribution in [-0.4, -0.2) is 44.3 Å². The fourth-order valence-electron chi connectivity index (χ4n) is 1.90. The Morgan fingerprint density at radius 3 is 2.42 bits per heavy atom. The van der Waals surface area contributed by atoms with Crippen LogP contribution in [0, 0.1) is 0 Å². The minimum Gasteiger partial charge on any atom is -0.363 e. The average Bonchev–Trinajstić information content (AvgIpc) is 3.02. The molecular weight excluding hydrogens is 435 g/mol. The summed E-state index contributed by atoms with van der Waals surface area (Å²) in [7, 11) is 3.20. The number of benzene rings is 1. The standard InChI is InChI=1S/C14H11BrF3N7S/c1-24(2)11-7-10(14(16,17)18)19-12(20-11)26-13-21-22-23-25(13)9-5-3-8(15)4-6-9/h3-7H,1-2H3. The Bertz CT molecular complexity index is 912. The third-order valence-corrected chi connectivity index (χ3v) is 4.47. The van der Waals surface area contributed by atoms with Gasteiger partial charge in [0.05, 0.1) is 5.69 Å². The van der Waals surface area contributed by atoms with Crippen molar-refractivity contribution in [2.75, 3.05) is 19.0 Å². The molecule has 136 valence electrons. The molecule has 0 saturated heterocycles. The fourth-order valence-corrected chi connectivity index (χ4v) is 2.92. The lowest BCUT2D eigenvalue weighted by molar-refractivity contribution is -0.141. The molecule has 26 heavy (non-hydrogen) atoms. The maximum Gasteiger partial charge on any atom is 0.433 e. The van der Waals surface area contributed by atoms with Crippen LogP contribution >= 0.6 is 27.7 Å². The first-order valence-electron chi connectivity index (χ1n) is 7.10. The van der Waals surface area contributed by atoms with Crippen LogP contribution in [0.3, 0.4) is 0 Å². The molecule has 0 atom stereocenters. The average molecular weight is 446 g/mol. The summed E-state index contributed by atoms with van der Waals surface area (Å²) in [4.78, 5) is 9.20. The van der Waals surface area contributed by atoms with Crippen molar-refractivity contribution in [3.05, 3.63) is 40.5 Å². The minimum atomic E-state index is -4.58. The second-order valence-electron chi connectivity index (χ2n) is 5.24. The maximum atomic E-state index is 13.1. The molecule has 1 aromatic carbocycles. The quantitative estimate of drug-likeness (QED) is 0.569. The van der Waals surface area contributed by atoms with E-state index in [2.05, 4.69) is 41.4 Å². The number of hydrogen-bond acceptors (Lipinski definition) is 7. The smallest absolute Gasteiger partial charge is 0.363 e. The van der Waals surface area contributed by atoms with Crippen LogP contribution in [0.15, 0.2) is 45.1 Å². The summed E-state index contributed by atoms with van der Waals surface area (Å²) < 4.78 is 41.6. The van der Waals surface area contributed by atoms with E-state index in [9.17, 15) is 13.2 Å². The topological polar surface area (TPSA) is 72.6 Å². The molecule has 3 aromatic rings. The van der Waals surface area contributed by atoms with Crippen LogP contribution in [0.2, 0.25) is 0 Å². The monoisotopic (exact) mass is 445 g/mol. The molecule has 0 saturated carbocycles. The SMILES string of the molecule is CN(C)c1cc(C(F)(F)F)nc(Sc2nnnn2-c2ccc(Br)cc2)n1. The first-order chi connectivity index (χ1) is 12.2. The van der Waals surface area contributed by atoms with Crippen molar-refractivity contribution in [3.63, 3.8) is 0 Å². The van der Waals surface area contributed by atoms with E-state index in [1.165, 1.54) is 9.58 Å². The highest BCUT2D eigenvalue weighted by atomic mass is 79.9. The molecule has 0 N–H and O–H groups in total. The number of nitrogens with zero attached hydrogens (tertiary/aromatic N) is 7. The van der Waals surface area contributed by atoms with Crippen LogP contribution in [0.5, 0.6) is 0 Å². The van der Waals surface area contributed by atoms with Gasteiger partial charge in [-0.3, -0.25) is 0 Å². The summed E-state index contributed by atoms with van der Waals surface area (Å²) in [6.45, 7) is 0. The second kappa shape index (κ2) is 7.19. The number of alkyl halides is 3. The van der Waals surface area contributed by atoms with Crippen molar-refractivity contribution in [1.82, 2.24) is 30.2 Å². The Kier molecular flexibility index (Phi) is 5.14. The Hall–Kier alpha value is -2.21. The zero-order valence-electron chi connectivity index (χ0n) is 13.4. The largest absolute Gasteiger partial charge is 0.433 e. The van der Waals surface area contributed by atoms with E-state index in [1.807, 2.05) is 0 Å². The van der Waals surface area contributed by atoms with E-state index in [4.69, 9.17) is 0 Å². The molecule has 0 aliphatic heterocycles. The first-order valence-corrected chi connectivity index (χ1v) is 8.71. The summed E-state index contributed by atoms with van der Waals surface area (Å²) in [6, 6.07) is 8.03. The summed E-state index contributed by atoms with van der Waals surface area (Å²) in [5.41, 5.74) is -0.373. The molecule has 0 unspecified atom stereocenters. The number of halogens is 4. The fraction of sp³-hybridized carbons (Fsp3) is 0.214.